The topological polar surface area (TPSA) is 75.7 Å². The van der Waals surface area contributed by atoms with E-state index in [4.69, 9.17) is 4.74 Å². The number of rotatable bonds is 5. The molecule has 0 spiro atoms. The van der Waals surface area contributed by atoms with Gasteiger partial charge in [-0.3, -0.25) is 14.4 Å². The fourth-order valence-electron chi connectivity index (χ4n) is 3.41. The largest absolute Gasteiger partial charge is 0.469 e. The molecule has 1 aliphatic heterocycles. The first kappa shape index (κ1) is 19.6. The van der Waals surface area contributed by atoms with Gasteiger partial charge in [0.25, 0.3) is 5.91 Å². The first-order valence-corrected chi connectivity index (χ1v) is 9.24. The van der Waals surface area contributed by atoms with Gasteiger partial charge in [-0.15, -0.1) is 0 Å². The maximum atomic E-state index is 12.8. The number of benzene rings is 2. The number of ether oxygens (including phenoxy) is 1. The normalized spacial score (nSPS) is 13.6. The molecule has 28 heavy (non-hydrogen) atoms. The van der Waals surface area contributed by atoms with E-state index in [1.807, 2.05) is 37.3 Å². The van der Waals surface area contributed by atoms with Crippen molar-refractivity contribution < 1.29 is 19.1 Å². The van der Waals surface area contributed by atoms with E-state index in [0.717, 1.165) is 28.8 Å². The molecule has 0 radical (unpaired) electrons. The van der Waals surface area contributed by atoms with Crippen LogP contribution < -0.4 is 10.2 Å². The van der Waals surface area contributed by atoms with Crippen LogP contribution in [0.25, 0.3) is 0 Å². The zero-order valence-electron chi connectivity index (χ0n) is 16.3. The van der Waals surface area contributed by atoms with E-state index >= 15 is 0 Å². The van der Waals surface area contributed by atoms with Crippen LogP contribution in [0.15, 0.2) is 42.5 Å². The van der Waals surface area contributed by atoms with Gasteiger partial charge in [0.15, 0.2) is 0 Å². The number of methoxy groups -OCH3 is 1. The number of carbonyl (C=O) groups is 3. The molecule has 3 rings (SSSR count). The average molecular weight is 380 g/mol. The number of anilines is 1. The predicted molar refractivity (Wildman–Crippen MR) is 106 cm³/mol. The second-order valence-corrected chi connectivity index (χ2v) is 6.98. The van der Waals surface area contributed by atoms with Crippen molar-refractivity contribution in [2.24, 2.45) is 0 Å². The van der Waals surface area contributed by atoms with Gasteiger partial charge >= 0.3 is 5.97 Å². The summed E-state index contributed by atoms with van der Waals surface area (Å²) in [6.07, 6.45) is 0.772. The highest BCUT2D eigenvalue weighted by molar-refractivity contribution is 5.98. The molecule has 0 aromatic heterocycles. The van der Waals surface area contributed by atoms with Crippen LogP contribution in [0.1, 0.15) is 46.4 Å². The number of esters is 1. The zero-order chi connectivity index (χ0) is 20.3. The van der Waals surface area contributed by atoms with Crippen molar-refractivity contribution >= 4 is 23.5 Å². The Labute approximate surface area is 164 Å². The first-order valence-electron chi connectivity index (χ1n) is 9.24. The van der Waals surface area contributed by atoms with Crippen molar-refractivity contribution in [3.63, 3.8) is 0 Å². The van der Waals surface area contributed by atoms with Gasteiger partial charge in [-0.25, -0.2) is 0 Å². The van der Waals surface area contributed by atoms with Crippen LogP contribution in [0.3, 0.4) is 0 Å². The Balaban J connectivity index is 1.81. The molecular formula is C22H24N2O4. The van der Waals surface area contributed by atoms with Crippen LogP contribution in [0, 0.1) is 6.92 Å². The number of hydrogen-bond acceptors (Lipinski definition) is 4. The summed E-state index contributed by atoms with van der Waals surface area (Å²) in [5, 5.41) is 2.94. The van der Waals surface area contributed by atoms with Crippen molar-refractivity contribution in [2.75, 3.05) is 18.6 Å². The van der Waals surface area contributed by atoms with E-state index in [1.165, 1.54) is 14.0 Å². The van der Waals surface area contributed by atoms with Gasteiger partial charge in [0.1, 0.15) is 0 Å². The summed E-state index contributed by atoms with van der Waals surface area (Å²) in [5.41, 5.74) is 4.27. The lowest BCUT2D eigenvalue weighted by atomic mass is 10.0. The lowest BCUT2D eigenvalue weighted by molar-refractivity contribution is -0.141. The monoisotopic (exact) mass is 380 g/mol. The van der Waals surface area contributed by atoms with Crippen molar-refractivity contribution in [1.82, 2.24) is 5.32 Å². The summed E-state index contributed by atoms with van der Waals surface area (Å²) < 4.78 is 4.78. The molecule has 1 aliphatic rings. The molecule has 0 fully saturated rings. The summed E-state index contributed by atoms with van der Waals surface area (Å²) in [6.45, 7) is 4.14. The fraction of sp³-hybridized carbons (Fsp3) is 0.318. The number of nitrogens with zero attached hydrogens (tertiary/aromatic N) is 1. The molecule has 1 N–H and O–H groups in total. The summed E-state index contributed by atoms with van der Waals surface area (Å²) >= 11 is 0. The molecule has 0 saturated carbocycles. The highest BCUT2D eigenvalue weighted by atomic mass is 16.5. The molecule has 146 valence electrons. The SMILES string of the molecule is COC(=O)CC(NC(=O)c1ccc2c(c1)CCN2C(C)=O)c1ccc(C)cc1. The summed E-state index contributed by atoms with van der Waals surface area (Å²) in [5.74, 6) is -0.663. The third-order valence-corrected chi connectivity index (χ3v) is 5.00. The third kappa shape index (κ3) is 4.22. The minimum Gasteiger partial charge on any atom is -0.469 e. The quantitative estimate of drug-likeness (QED) is 0.810. The van der Waals surface area contributed by atoms with Crippen LogP contribution in [0.5, 0.6) is 0 Å². The Hall–Kier alpha value is -3.15. The maximum Gasteiger partial charge on any atom is 0.307 e. The van der Waals surface area contributed by atoms with Gasteiger partial charge in [0, 0.05) is 24.7 Å². The van der Waals surface area contributed by atoms with Crippen LogP contribution in [0.4, 0.5) is 5.69 Å². The molecule has 6 heteroatoms. The van der Waals surface area contributed by atoms with Crippen LogP contribution >= 0.6 is 0 Å². The third-order valence-electron chi connectivity index (χ3n) is 5.00. The number of fused-ring (bicyclic) bond motifs is 1. The minimum absolute atomic E-state index is 0.00605. The second-order valence-electron chi connectivity index (χ2n) is 6.98. The lowest BCUT2D eigenvalue weighted by Crippen LogP contribution is -2.30. The summed E-state index contributed by atoms with van der Waals surface area (Å²) in [6, 6.07) is 12.5. The Kier molecular flexibility index (Phi) is 5.78. The molecule has 2 aromatic rings. The number of nitrogens with one attached hydrogen (secondary N) is 1. The molecule has 1 heterocycles. The number of aryl methyl sites for hydroxylation is 1. The van der Waals surface area contributed by atoms with Gasteiger partial charge in [-0.1, -0.05) is 29.8 Å². The van der Waals surface area contributed by atoms with E-state index in [-0.39, 0.29) is 18.2 Å². The Morgan fingerprint density at radius 1 is 1.14 bits per heavy atom. The second kappa shape index (κ2) is 8.25. The van der Waals surface area contributed by atoms with Gasteiger partial charge < -0.3 is 15.0 Å². The van der Waals surface area contributed by atoms with Crippen LogP contribution in [0.2, 0.25) is 0 Å². The maximum absolute atomic E-state index is 12.8. The molecule has 2 amide bonds. The van der Waals surface area contributed by atoms with Crippen LogP contribution in [-0.2, 0) is 20.7 Å². The van der Waals surface area contributed by atoms with E-state index in [2.05, 4.69) is 5.32 Å². The zero-order valence-corrected chi connectivity index (χ0v) is 16.3. The molecule has 2 aromatic carbocycles. The molecule has 6 nitrogen and oxygen atoms in total. The fourth-order valence-corrected chi connectivity index (χ4v) is 3.41. The summed E-state index contributed by atoms with van der Waals surface area (Å²) in [4.78, 5) is 38.1. The van der Waals surface area contributed by atoms with Crippen molar-refractivity contribution in [2.45, 2.75) is 32.7 Å². The van der Waals surface area contributed by atoms with Gasteiger partial charge in [-0.05, 0) is 42.7 Å². The molecule has 1 atom stereocenters. The van der Waals surface area contributed by atoms with E-state index in [1.54, 1.807) is 17.0 Å². The highest BCUT2D eigenvalue weighted by Crippen LogP contribution is 2.29. The molecule has 1 unspecified atom stereocenters. The van der Waals surface area contributed by atoms with Crippen molar-refractivity contribution in [3.05, 3.63) is 64.7 Å². The van der Waals surface area contributed by atoms with Gasteiger partial charge in [0.2, 0.25) is 5.91 Å². The Morgan fingerprint density at radius 2 is 1.86 bits per heavy atom. The summed E-state index contributed by atoms with van der Waals surface area (Å²) in [7, 11) is 1.33. The molecule has 0 aliphatic carbocycles. The first-order chi connectivity index (χ1) is 13.4. The molecule has 0 bridgehead atoms. The lowest BCUT2D eigenvalue weighted by Gasteiger charge is -2.19. The molecule has 0 saturated heterocycles. The predicted octanol–water partition coefficient (Wildman–Crippen LogP) is 2.94. The number of hydrogen-bond donors (Lipinski definition) is 1. The van der Waals surface area contributed by atoms with Crippen molar-refractivity contribution in [1.29, 1.82) is 0 Å². The van der Waals surface area contributed by atoms with E-state index in [9.17, 15) is 14.4 Å². The van der Waals surface area contributed by atoms with E-state index in [0.29, 0.717) is 12.1 Å². The highest BCUT2D eigenvalue weighted by Gasteiger charge is 2.24. The Morgan fingerprint density at radius 3 is 2.50 bits per heavy atom. The number of amides is 2. The van der Waals surface area contributed by atoms with Gasteiger partial charge in [0.05, 0.1) is 19.6 Å². The van der Waals surface area contributed by atoms with Crippen LogP contribution in [-0.4, -0.2) is 31.4 Å². The van der Waals surface area contributed by atoms with E-state index < -0.39 is 12.0 Å². The standard InChI is InChI=1S/C22H24N2O4/c1-14-4-6-16(7-5-14)19(13-21(26)28-3)23-22(27)18-8-9-20-17(12-18)10-11-24(20)15(2)25/h4-9,12,19H,10-11,13H2,1-3H3,(H,23,27). The minimum atomic E-state index is -0.484. The van der Waals surface area contributed by atoms with Crippen molar-refractivity contribution in [3.8, 4) is 0 Å². The number of carbonyl (C=O) groups excluding carboxylic acids is 3. The van der Waals surface area contributed by atoms with Gasteiger partial charge in [-0.2, -0.15) is 0 Å². The Bertz CT molecular complexity index is 905. The average Bonchev–Trinajstić information content (AvgIpc) is 3.11. The molecular weight excluding hydrogens is 356 g/mol. The smallest absolute Gasteiger partial charge is 0.307 e.